The largest absolute Gasteiger partial charge is 0.504 e. The molecule has 20 nitrogen and oxygen atoms in total. The van der Waals surface area contributed by atoms with E-state index in [2.05, 4.69) is 26.8 Å². The first-order chi connectivity index (χ1) is 35.8. The Labute approximate surface area is 442 Å². The number of Topliss-reactive ketones (excluding diaryl/α,β-unsaturated/α-hetero) is 1. The zero-order valence-electron chi connectivity index (χ0n) is 45.9. The Hall–Kier alpha value is -1.77. The van der Waals surface area contributed by atoms with E-state index in [9.17, 15) is 30.3 Å². The van der Waals surface area contributed by atoms with Crippen LogP contribution in [0.2, 0.25) is 0 Å². The fourth-order valence-corrected chi connectivity index (χ4v) is 15.1. The highest BCUT2D eigenvalue weighted by Crippen LogP contribution is 2.65. The molecule has 0 bridgehead atoms. The van der Waals surface area contributed by atoms with Crippen molar-refractivity contribution in [1.82, 2.24) is 0 Å². The summed E-state index contributed by atoms with van der Waals surface area (Å²) in [5.41, 5.74) is 2.13. The summed E-state index contributed by atoms with van der Waals surface area (Å²) < 4.78 is 88.0. The molecule has 0 amide bonds. The van der Waals surface area contributed by atoms with Crippen LogP contribution in [0.4, 0.5) is 0 Å². The van der Waals surface area contributed by atoms with Crippen molar-refractivity contribution in [2.45, 2.75) is 254 Å². The zero-order valence-corrected chi connectivity index (χ0v) is 45.9. The molecule has 9 rings (SSSR count). The Morgan fingerprint density at radius 3 is 1.52 bits per heavy atom. The van der Waals surface area contributed by atoms with Crippen LogP contribution < -0.4 is 0 Å². The third-order valence-electron chi connectivity index (χ3n) is 19.2. The predicted molar refractivity (Wildman–Crippen MR) is 265 cm³/mol. The molecular formula is C55H88O20. The average Bonchev–Trinajstić information content (AvgIpc) is 3.60. The maximum atomic E-state index is 13.6. The summed E-state index contributed by atoms with van der Waals surface area (Å²) >= 11 is 0. The summed E-state index contributed by atoms with van der Waals surface area (Å²) in [7, 11) is 6.47. The molecule has 75 heavy (non-hydrogen) atoms. The second-order valence-electron chi connectivity index (χ2n) is 23.4. The van der Waals surface area contributed by atoms with Gasteiger partial charge >= 0.3 is 0 Å². The van der Waals surface area contributed by atoms with Gasteiger partial charge in [-0.15, -0.1) is 0 Å². The number of aliphatic hydroxyl groups is 5. The van der Waals surface area contributed by atoms with Gasteiger partial charge in [-0.05, 0) is 95.5 Å². The number of aliphatic hydroxyl groups excluding tert-OH is 5. The van der Waals surface area contributed by atoms with Crippen molar-refractivity contribution in [1.29, 1.82) is 0 Å². The highest BCUT2D eigenvalue weighted by Gasteiger charge is 2.62. The van der Waals surface area contributed by atoms with Gasteiger partial charge in [-0.1, -0.05) is 32.4 Å². The highest BCUT2D eigenvalue weighted by atomic mass is 16.8. The van der Waals surface area contributed by atoms with E-state index in [-0.39, 0.29) is 58.9 Å². The summed E-state index contributed by atoms with van der Waals surface area (Å²) in [6, 6.07) is 0. The molecule has 0 spiro atoms. The fourth-order valence-electron chi connectivity index (χ4n) is 15.1. The van der Waals surface area contributed by atoms with Gasteiger partial charge < -0.3 is 91.8 Å². The third kappa shape index (κ3) is 11.1. The first-order valence-electron chi connectivity index (χ1n) is 27.8. The van der Waals surface area contributed by atoms with Crippen molar-refractivity contribution in [3.05, 3.63) is 23.0 Å². The van der Waals surface area contributed by atoms with Crippen LogP contribution in [0.15, 0.2) is 23.0 Å². The first-order valence-corrected chi connectivity index (χ1v) is 27.8. The SMILES string of the molecule is CCC1=C(O)C(=O)C2C3CC=C4CC(OC5CC(OC)C(OC6CC(OC)C(OC7CC(OC)C(OC8CC(OC)C(OC9OC(CO)C(O)C(O)C9O)C(C)O8)C(C)O7)C(C)O6)C(C)O5)CCC4(C)C3CCC12C. The molecule has 2 saturated carbocycles. The minimum atomic E-state index is -1.59. The molecular weight excluding hydrogens is 981 g/mol. The molecule has 5 aliphatic heterocycles. The molecule has 5 heterocycles. The summed E-state index contributed by atoms with van der Waals surface area (Å²) in [6.45, 7) is 13.7. The Kier molecular flexibility index (Phi) is 18.3. The highest BCUT2D eigenvalue weighted by molar-refractivity contribution is 6.00. The molecule has 20 heteroatoms. The lowest BCUT2D eigenvalue weighted by Crippen LogP contribution is -2.62. The van der Waals surface area contributed by atoms with Crippen molar-refractivity contribution in [2.75, 3.05) is 35.0 Å². The van der Waals surface area contributed by atoms with E-state index in [4.69, 9.17) is 66.3 Å². The van der Waals surface area contributed by atoms with Crippen LogP contribution in [-0.4, -0.2) is 202 Å². The number of ether oxygens (including phenoxy) is 14. The third-order valence-corrected chi connectivity index (χ3v) is 19.2. The molecule has 428 valence electrons. The van der Waals surface area contributed by atoms with Crippen LogP contribution in [0.1, 0.15) is 119 Å². The summed E-state index contributed by atoms with van der Waals surface area (Å²) in [4.78, 5) is 13.6. The Morgan fingerprint density at radius 1 is 0.613 bits per heavy atom. The summed E-state index contributed by atoms with van der Waals surface area (Å²) in [5.74, 6) is 0.475. The van der Waals surface area contributed by atoms with Crippen molar-refractivity contribution in [3.63, 3.8) is 0 Å². The quantitative estimate of drug-likeness (QED) is 0.135. The number of hydrogen-bond donors (Lipinski definition) is 5. The van der Waals surface area contributed by atoms with E-state index >= 15 is 0 Å². The zero-order chi connectivity index (χ0) is 53.8. The predicted octanol–water partition coefficient (Wildman–Crippen LogP) is 4.29. The van der Waals surface area contributed by atoms with Crippen molar-refractivity contribution < 1.29 is 96.6 Å². The Bertz CT molecular complexity index is 2000. The number of ketones is 1. The molecule has 27 unspecified atom stereocenters. The number of carbonyl (C=O) groups is 1. The van der Waals surface area contributed by atoms with Gasteiger partial charge in [-0.3, -0.25) is 4.79 Å². The lowest BCUT2D eigenvalue weighted by Gasteiger charge is -2.57. The lowest BCUT2D eigenvalue weighted by atomic mass is 9.47. The van der Waals surface area contributed by atoms with E-state index in [1.54, 1.807) is 28.3 Å². The Balaban J connectivity index is 0.747. The molecule has 0 aromatic rings. The summed E-state index contributed by atoms with van der Waals surface area (Å²) in [6.07, 6.45) is -5.53. The van der Waals surface area contributed by atoms with Crippen molar-refractivity contribution in [3.8, 4) is 0 Å². The van der Waals surface area contributed by atoms with E-state index in [0.29, 0.717) is 31.6 Å². The molecule has 7 fully saturated rings. The average molecular weight is 1070 g/mol. The normalized spacial score (nSPS) is 50.5. The van der Waals surface area contributed by atoms with Crippen LogP contribution in [0.25, 0.3) is 0 Å². The Morgan fingerprint density at radius 2 is 1.07 bits per heavy atom. The number of rotatable bonds is 16. The van der Waals surface area contributed by atoms with Gasteiger partial charge in [0.15, 0.2) is 37.2 Å². The van der Waals surface area contributed by atoms with Crippen LogP contribution in [-0.2, 0) is 71.1 Å². The van der Waals surface area contributed by atoms with Gasteiger partial charge in [0.05, 0.1) is 61.5 Å². The van der Waals surface area contributed by atoms with Crippen molar-refractivity contribution >= 4 is 5.78 Å². The topological polar surface area (TPSA) is 247 Å². The minimum absolute atomic E-state index is 0.00617. The van der Waals surface area contributed by atoms with E-state index in [1.807, 2.05) is 20.8 Å². The summed E-state index contributed by atoms with van der Waals surface area (Å²) in [5, 5.41) is 51.7. The fraction of sp³-hybridized carbons (Fsp3) is 0.909. The second-order valence-corrected chi connectivity index (χ2v) is 23.4. The van der Waals surface area contributed by atoms with E-state index < -0.39 is 124 Å². The van der Waals surface area contributed by atoms with Crippen molar-refractivity contribution in [2.24, 2.45) is 28.6 Å². The minimum Gasteiger partial charge on any atom is -0.504 e. The monoisotopic (exact) mass is 1070 g/mol. The van der Waals surface area contributed by atoms with Crippen LogP contribution in [0, 0.1) is 28.6 Å². The molecule has 0 radical (unpaired) electrons. The van der Waals surface area contributed by atoms with Gasteiger partial charge in [0.25, 0.3) is 0 Å². The van der Waals surface area contributed by atoms with Gasteiger partial charge in [-0.25, -0.2) is 0 Å². The molecule has 0 aromatic heterocycles. The first kappa shape index (κ1) is 57.9. The van der Waals surface area contributed by atoms with Gasteiger partial charge in [0, 0.05) is 65.5 Å². The van der Waals surface area contributed by atoms with Crippen LogP contribution >= 0.6 is 0 Å². The molecule has 9 aliphatic rings. The maximum Gasteiger partial charge on any atom is 0.201 e. The number of hydrogen-bond acceptors (Lipinski definition) is 20. The number of methoxy groups -OCH3 is 4. The number of fused-ring (bicyclic) bond motifs is 5. The lowest BCUT2D eigenvalue weighted by molar-refractivity contribution is -0.358. The van der Waals surface area contributed by atoms with Crippen LogP contribution in [0.5, 0.6) is 0 Å². The smallest absolute Gasteiger partial charge is 0.201 e. The standard InChI is InChI=1S/C55H88O20/c1-12-32-44(57)46(59)43-31-14-13-29-19-30(15-17-54(29,6)33(31)16-18-55(32,43)7)70-39-20-34(62-8)49(25(2)66-39)72-40-21-35(63-9)50(26(3)67-40)73-41-22-36(64-10)51(27(4)68-41)74-42-23-37(65-11)52(28(5)69-42)75-53-48(61)47(60)45(58)38(24-56)71-53/h13,25-28,30-31,33-43,45,47-53,56-58,60-61H,12,14-24H2,1-11H3. The molecule has 4 aliphatic carbocycles. The second kappa shape index (κ2) is 23.7. The maximum absolute atomic E-state index is 13.6. The van der Waals surface area contributed by atoms with Gasteiger partial charge in [-0.2, -0.15) is 0 Å². The number of allylic oxidation sites excluding steroid dienone is 3. The molecule has 5 saturated heterocycles. The van der Waals surface area contributed by atoms with Gasteiger partial charge in [0.2, 0.25) is 5.78 Å². The molecule has 5 N–H and O–H groups in total. The van der Waals surface area contributed by atoms with Crippen LogP contribution in [0.3, 0.4) is 0 Å². The van der Waals surface area contributed by atoms with Gasteiger partial charge in [0.1, 0.15) is 48.8 Å². The number of carbonyl (C=O) groups excluding carboxylic acids is 1. The van der Waals surface area contributed by atoms with E-state index in [1.165, 1.54) is 12.7 Å². The molecule has 0 aromatic carbocycles. The molecule has 27 atom stereocenters. The van der Waals surface area contributed by atoms with E-state index in [0.717, 1.165) is 44.1 Å².